The summed E-state index contributed by atoms with van der Waals surface area (Å²) >= 11 is 0. The number of aromatic nitrogens is 1. The van der Waals surface area contributed by atoms with Crippen LogP contribution in [-0.2, 0) is 5.92 Å². The first-order valence-electron chi connectivity index (χ1n) is 7.69. The molecule has 0 bridgehead atoms. The summed E-state index contributed by atoms with van der Waals surface area (Å²) in [7, 11) is 0. The number of anilines is 1. The van der Waals surface area contributed by atoms with Crippen LogP contribution in [-0.4, -0.2) is 51.6 Å². The highest BCUT2D eigenvalue weighted by atomic mass is 19.4. The van der Waals surface area contributed by atoms with Crippen LogP contribution in [0.4, 0.5) is 86.1 Å². The fourth-order valence-electron chi connectivity index (χ4n) is 2.13. The SMILES string of the molecule is Nc1ncc(C(F)(F)C(F)(F)C(F)(F)C(F)(F)C(F)(F)C(F)(F)C(F)(F)C(F)(F)F)cc1[N+](=O)[O-]. The topological polar surface area (TPSA) is 82.0 Å². The van der Waals surface area contributed by atoms with Crippen molar-refractivity contribution in [1.29, 1.82) is 0 Å². The van der Waals surface area contributed by atoms with E-state index in [-0.39, 0.29) is 0 Å². The van der Waals surface area contributed by atoms with E-state index in [1.165, 1.54) is 0 Å². The molecule has 0 fully saturated rings. The van der Waals surface area contributed by atoms with Crippen LogP contribution in [0.25, 0.3) is 0 Å². The van der Waals surface area contributed by atoms with E-state index >= 15 is 0 Å². The fourth-order valence-corrected chi connectivity index (χ4v) is 2.13. The highest BCUT2D eigenvalue weighted by Crippen LogP contribution is 2.65. The molecule has 1 heterocycles. The Morgan fingerprint density at radius 3 is 1.34 bits per heavy atom. The van der Waals surface area contributed by atoms with Crippen molar-refractivity contribution in [3.63, 3.8) is 0 Å². The molecule has 0 aliphatic rings. The number of nitrogen functional groups attached to an aromatic ring is 1. The minimum absolute atomic E-state index is 0.699. The molecule has 202 valence electrons. The quantitative estimate of drug-likeness (QED) is 0.240. The maximum Gasteiger partial charge on any atom is 0.460 e. The number of rotatable bonds is 8. The van der Waals surface area contributed by atoms with Gasteiger partial charge in [-0.1, -0.05) is 0 Å². The molecule has 0 atom stereocenters. The van der Waals surface area contributed by atoms with E-state index in [9.17, 15) is 84.8 Å². The van der Waals surface area contributed by atoms with Crippen LogP contribution in [0.5, 0.6) is 0 Å². The maximum atomic E-state index is 14.0. The third-order valence-electron chi connectivity index (χ3n) is 4.18. The molecular weight excluding hydrogens is 553 g/mol. The maximum absolute atomic E-state index is 14.0. The molecule has 5 nitrogen and oxygen atoms in total. The Morgan fingerprint density at radius 1 is 0.657 bits per heavy atom. The zero-order valence-electron chi connectivity index (χ0n) is 15.4. The number of halogens is 17. The normalized spacial score (nSPS) is 15.3. The number of nitro groups is 1. The van der Waals surface area contributed by atoms with Gasteiger partial charge in [-0.25, -0.2) is 4.98 Å². The van der Waals surface area contributed by atoms with E-state index < -0.39 is 81.9 Å². The van der Waals surface area contributed by atoms with Gasteiger partial charge in [0.05, 0.1) is 10.5 Å². The molecule has 35 heavy (non-hydrogen) atoms. The monoisotopic (exact) mass is 557 g/mol. The zero-order valence-corrected chi connectivity index (χ0v) is 15.4. The Hall–Kier alpha value is -2.84. The Balaban J connectivity index is 3.79. The van der Waals surface area contributed by atoms with E-state index in [1.54, 1.807) is 0 Å². The van der Waals surface area contributed by atoms with Crippen LogP contribution >= 0.6 is 0 Å². The minimum Gasteiger partial charge on any atom is -0.378 e. The van der Waals surface area contributed by atoms with Crippen molar-refractivity contribution in [2.75, 3.05) is 5.73 Å². The highest BCUT2D eigenvalue weighted by Gasteiger charge is 2.95. The molecule has 0 aromatic carbocycles. The van der Waals surface area contributed by atoms with Gasteiger partial charge in [-0.3, -0.25) is 10.1 Å². The second-order valence-corrected chi connectivity index (χ2v) is 6.40. The molecule has 2 N–H and O–H groups in total. The summed E-state index contributed by atoms with van der Waals surface area (Å²) in [6.45, 7) is 0. The van der Waals surface area contributed by atoms with E-state index in [0.29, 0.717) is 0 Å². The Labute approximate surface area is 178 Å². The van der Waals surface area contributed by atoms with Gasteiger partial charge in [0, 0.05) is 12.3 Å². The van der Waals surface area contributed by atoms with E-state index in [4.69, 9.17) is 5.73 Å². The van der Waals surface area contributed by atoms with Crippen LogP contribution in [0, 0.1) is 10.1 Å². The summed E-state index contributed by atoms with van der Waals surface area (Å²) in [5.41, 5.74) is 0.0893. The Morgan fingerprint density at radius 2 is 1.00 bits per heavy atom. The van der Waals surface area contributed by atoms with Gasteiger partial charge in [0.1, 0.15) is 0 Å². The van der Waals surface area contributed by atoms with Crippen molar-refractivity contribution in [3.8, 4) is 0 Å². The van der Waals surface area contributed by atoms with Crippen LogP contribution < -0.4 is 5.73 Å². The van der Waals surface area contributed by atoms with Gasteiger partial charge >= 0.3 is 53.3 Å². The predicted octanol–water partition coefficient (Wildman–Crippen LogP) is 6.04. The summed E-state index contributed by atoms with van der Waals surface area (Å²) in [5, 5.41) is 10.6. The third-order valence-corrected chi connectivity index (χ3v) is 4.18. The minimum atomic E-state index is -8.77. The number of alkyl halides is 17. The Bertz CT molecular complexity index is 988. The first-order valence-corrected chi connectivity index (χ1v) is 7.69. The third kappa shape index (κ3) is 3.83. The van der Waals surface area contributed by atoms with Crippen molar-refractivity contribution in [3.05, 3.63) is 27.9 Å². The fraction of sp³-hybridized carbons (Fsp3) is 0.615. The van der Waals surface area contributed by atoms with Crippen molar-refractivity contribution in [2.24, 2.45) is 0 Å². The average Bonchev–Trinajstić information content (AvgIpc) is 2.65. The van der Waals surface area contributed by atoms with Gasteiger partial charge in [0.25, 0.3) is 0 Å². The molecular formula is C13H4F17N3O2. The van der Waals surface area contributed by atoms with Crippen molar-refractivity contribution in [2.45, 2.75) is 47.6 Å². The molecule has 0 unspecified atom stereocenters. The number of hydrogen-bond donors (Lipinski definition) is 1. The van der Waals surface area contributed by atoms with Gasteiger partial charge in [-0.15, -0.1) is 0 Å². The molecule has 0 amide bonds. The molecule has 1 aromatic heterocycles. The number of nitrogens with two attached hydrogens (primary N) is 1. The van der Waals surface area contributed by atoms with Gasteiger partial charge in [0.15, 0.2) is 0 Å². The first-order chi connectivity index (χ1) is 15.1. The molecule has 0 radical (unpaired) electrons. The van der Waals surface area contributed by atoms with Gasteiger partial charge in [-0.2, -0.15) is 74.6 Å². The second kappa shape index (κ2) is 7.83. The first kappa shape index (κ1) is 30.2. The molecule has 1 aromatic rings. The van der Waals surface area contributed by atoms with E-state index in [1.807, 2.05) is 0 Å². The highest BCUT2D eigenvalue weighted by molar-refractivity contribution is 5.54. The number of nitrogens with zero attached hydrogens (tertiary/aromatic N) is 2. The van der Waals surface area contributed by atoms with Gasteiger partial charge in [0.2, 0.25) is 5.82 Å². The summed E-state index contributed by atoms with van der Waals surface area (Å²) in [4.78, 5) is 11.3. The molecule has 1 rings (SSSR count). The second-order valence-electron chi connectivity index (χ2n) is 6.40. The zero-order chi connectivity index (χ0) is 28.4. The molecule has 0 aliphatic heterocycles. The van der Waals surface area contributed by atoms with Crippen LogP contribution in [0.2, 0.25) is 0 Å². The van der Waals surface area contributed by atoms with E-state index in [0.717, 1.165) is 0 Å². The molecule has 0 saturated carbocycles. The number of pyridine rings is 1. The Kier molecular flexibility index (Phi) is 6.76. The molecule has 22 heteroatoms. The van der Waals surface area contributed by atoms with Gasteiger partial charge < -0.3 is 5.73 Å². The molecule has 0 spiro atoms. The van der Waals surface area contributed by atoms with Gasteiger partial charge in [-0.05, 0) is 0 Å². The van der Waals surface area contributed by atoms with Crippen LogP contribution in [0.15, 0.2) is 12.3 Å². The van der Waals surface area contributed by atoms with E-state index in [2.05, 4.69) is 4.98 Å². The molecule has 0 aliphatic carbocycles. The van der Waals surface area contributed by atoms with Crippen molar-refractivity contribution >= 4 is 11.5 Å². The lowest BCUT2D eigenvalue weighted by Gasteiger charge is -2.42. The smallest absolute Gasteiger partial charge is 0.378 e. The predicted molar refractivity (Wildman–Crippen MR) is 74.9 cm³/mol. The summed E-state index contributed by atoms with van der Waals surface area (Å²) in [5.74, 6) is -59.3. The largest absolute Gasteiger partial charge is 0.460 e. The summed E-state index contributed by atoms with van der Waals surface area (Å²) in [6, 6.07) is -0.797. The lowest BCUT2D eigenvalue weighted by Crippen LogP contribution is -2.74. The van der Waals surface area contributed by atoms with Crippen LogP contribution in [0.3, 0.4) is 0 Å². The number of hydrogen-bond acceptors (Lipinski definition) is 4. The summed E-state index contributed by atoms with van der Waals surface area (Å²) in [6.07, 6.45) is -8.55. The van der Waals surface area contributed by atoms with Crippen molar-refractivity contribution < 1.29 is 79.6 Å². The lowest BCUT2D eigenvalue weighted by molar-refractivity contribution is -0.462. The molecule has 0 saturated heterocycles. The van der Waals surface area contributed by atoms with Crippen molar-refractivity contribution in [1.82, 2.24) is 4.98 Å². The summed E-state index contributed by atoms with van der Waals surface area (Å²) < 4.78 is 225. The average molecular weight is 557 g/mol. The standard InChI is InChI=1S/C13H4F17N3O2/c14-6(15,3-1-4(33(34)35)5(31)32-2-3)7(16,17)8(18,19)9(20,21)10(22,23)11(24,25)12(26,27)13(28,29)30/h1-2H,(H2,31,32). The van der Waals surface area contributed by atoms with Crippen LogP contribution in [0.1, 0.15) is 5.56 Å². The lowest BCUT2D eigenvalue weighted by atomic mass is 9.87.